The molecular formula is C47H67NO8. The maximum atomic E-state index is 13.2. The lowest BCUT2D eigenvalue weighted by molar-refractivity contribution is -0.137. The highest BCUT2D eigenvalue weighted by atomic mass is 16.4. The summed E-state index contributed by atoms with van der Waals surface area (Å²) in [5, 5.41) is 79.7. The van der Waals surface area contributed by atoms with Crippen molar-refractivity contribution in [1.82, 2.24) is 5.32 Å². The Bertz CT molecular complexity index is 1630. The largest absolute Gasteiger partial charge is 0.508 e. The monoisotopic (exact) mass is 773 g/mol. The standard InChI is InChI=1S/C47H67NO8/c1-3-4-19-42(52)43(53)29-24-36-23-22-35-16-11-10-15-34(35)17-14-20-44(46(2,56)47(30-12-7-13-31-47)37-25-27-38(50)28-26-37)48-41(40(36)32-39(51)33-49)18-8-5-6-9-21-45(54)55/h10-11,15-16,24-29,39,41-44,48-53,56H,3-9,12-13,18-23,30-33H2,1-2H3,(H,54,55)/t39-,41-,42-,43+,44?,46+/m0/s1. The Kier molecular flexibility index (Phi) is 18.1. The van der Waals surface area contributed by atoms with E-state index in [2.05, 4.69) is 23.2 Å². The van der Waals surface area contributed by atoms with Gasteiger partial charge in [0.1, 0.15) is 5.75 Å². The number of fused-ring (bicyclic) bond motifs is 1. The Hall–Kier alpha value is -3.49. The van der Waals surface area contributed by atoms with Crippen LogP contribution < -0.4 is 5.32 Å². The van der Waals surface area contributed by atoms with Gasteiger partial charge in [-0.2, -0.15) is 0 Å². The fourth-order valence-electron chi connectivity index (χ4n) is 8.83. The van der Waals surface area contributed by atoms with E-state index in [1.165, 1.54) is 0 Å². The zero-order chi connectivity index (χ0) is 40.6. The number of phenolic OH excluding ortho intramolecular Hbond substituents is 1. The van der Waals surface area contributed by atoms with Crippen LogP contribution in [0, 0.1) is 11.8 Å². The van der Waals surface area contributed by atoms with Crippen LogP contribution in [0.25, 0.3) is 0 Å². The lowest BCUT2D eigenvalue weighted by Crippen LogP contribution is -2.63. The summed E-state index contributed by atoms with van der Waals surface area (Å²) >= 11 is 0. The normalized spacial score (nSPS) is 21.8. The number of carbonyl (C=O) groups is 1. The molecule has 1 fully saturated rings. The summed E-state index contributed by atoms with van der Waals surface area (Å²) in [6.07, 6.45) is 12.3. The van der Waals surface area contributed by atoms with Crippen LogP contribution in [0.4, 0.5) is 0 Å². The van der Waals surface area contributed by atoms with Crippen molar-refractivity contribution in [2.45, 2.75) is 171 Å². The van der Waals surface area contributed by atoms with E-state index in [4.69, 9.17) is 0 Å². The molecule has 0 aromatic heterocycles. The van der Waals surface area contributed by atoms with Gasteiger partial charge in [0.05, 0.1) is 30.5 Å². The van der Waals surface area contributed by atoms with Crippen molar-refractivity contribution >= 4 is 5.97 Å². The molecule has 1 saturated carbocycles. The average Bonchev–Trinajstić information content (AvgIpc) is 3.19. The molecule has 2 aromatic carbocycles. The molecule has 308 valence electrons. The van der Waals surface area contributed by atoms with E-state index in [0.717, 1.165) is 92.0 Å². The summed E-state index contributed by atoms with van der Waals surface area (Å²) in [6, 6.07) is 14.3. The molecule has 2 aliphatic rings. The van der Waals surface area contributed by atoms with Gasteiger partial charge in [0.15, 0.2) is 0 Å². The Morgan fingerprint density at radius 1 is 0.982 bits per heavy atom. The number of carboxylic acids is 1. The van der Waals surface area contributed by atoms with Gasteiger partial charge in [-0.15, -0.1) is 0 Å². The van der Waals surface area contributed by atoms with Crippen molar-refractivity contribution in [3.8, 4) is 17.6 Å². The number of aliphatic hydroxyl groups excluding tert-OH is 4. The van der Waals surface area contributed by atoms with Crippen LogP contribution in [0.15, 0.2) is 71.8 Å². The molecule has 0 amide bonds. The van der Waals surface area contributed by atoms with Gasteiger partial charge in [-0.3, -0.25) is 4.79 Å². The van der Waals surface area contributed by atoms with Gasteiger partial charge in [0.25, 0.3) is 0 Å². The quantitative estimate of drug-likeness (QED) is 0.0554. The summed E-state index contributed by atoms with van der Waals surface area (Å²) in [4.78, 5) is 11.2. The minimum atomic E-state index is -1.33. The van der Waals surface area contributed by atoms with Gasteiger partial charge in [-0.25, -0.2) is 0 Å². The number of allylic oxidation sites excluding steroid dienone is 2. The lowest BCUT2D eigenvalue weighted by Gasteiger charge is -2.52. The number of hydrogen-bond donors (Lipinski definition) is 8. The molecule has 1 unspecified atom stereocenters. The van der Waals surface area contributed by atoms with Crippen LogP contribution in [0.2, 0.25) is 0 Å². The first-order valence-corrected chi connectivity index (χ1v) is 21.0. The molecule has 0 spiro atoms. The highest BCUT2D eigenvalue weighted by Gasteiger charge is 2.53. The van der Waals surface area contributed by atoms with Gasteiger partial charge in [0.2, 0.25) is 0 Å². The number of aliphatic hydroxyl groups is 5. The number of benzene rings is 2. The van der Waals surface area contributed by atoms with Crippen molar-refractivity contribution in [3.63, 3.8) is 0 Å². The number of aromatic hydroxyl groups is 1. The molecule has 1 heterocycles. The zero-order valence-electron chi connectivity index (χ0n) is 33.6. The fourth-order valence-corrected chi connectivity index (χ4v) is 8.83. The van der Waals surface area contributed by atoms with Crippen LogP contribution in [0.5, 0.6) is 5.75 Å². The Morgan fingerprint density at radius 2 is 1.70 bits per heavy atom. The first kappa shape index (κ1) is 45.2. The number of unbranched alkanes of at least 4 members (excludes halogenated alkanes) is 4. The molecule has 6 atom stereocenters. The number of carboxylic acid groups (broad SMARTS) is 1. The summed E-state index contributed by atoms with van der Waals surface area (Å²) in [5.74, 6) is 6.22. The Morgan fingerprint density at radius 3 is 2.39 bits per heavy atom. The number of aliphatic carboxylic acids is 1. The molecule has 1 aliphatic heterocycles. The molecule has 9 heteroatoms. The van der Waals surface area contributed by atoms with Crippen LogP contribution >= 0.6 is 0 Å². The highest BCUT2D eigenvalue weighted by molar-refractivity contribution is 5.66. The Balaban J connectivity index is 1.90. The van der Waals surface area contributed by atoms with Crippen LogP contribution in [0.1, 0.15) is 140 Å². The maximum Gasteiger partial charge on any atom is 0.303 e. The van der Waals surface area contributed by atoms with Gasteiger partial charge in [-0.1, -0.05) is 113 Å². The van der Waals surface area contributed by atoms with Gasteiger partial charge in [0, 0.05) is 35.9 Å². The predicted octanol–water partition coefficient (Wildman–Crippen LogP) is 6.99. The topological polar surface area (TPSA) is 171 Å². The second-order valence-corrected chi connectivity index (χ2v) is 16.3. The average molecular weight is 774 g/mol. The predicted molar refractivity (Wildman–Crippen MR) is 221 cm³/mol. The molecule has 0 radical (unpaired) electrons. The number of aryl methyl sites for hydroxylation is 1. The van der Waals surface area contributed by atoms with Crippen LogP contribution in [-0.2, 0) is 16.6 Å². The van der Waals surface area contributed by atoms with Crippen LogP contribution in [0.3, 0.4) is 0 Å². The smallest absolute Gasteiger partial charge is 0.303 e. The summed E-state index contributed by atoms with van der Waals surface area (Å²) in [6.45, 7) is 3.50. The van der Waals surface area contributed by atoms with Crippen LogP contribution in [-0.4, -0.2) is 84.3 Å². The first-order valence-electron chi connectivity index (χ1n) is 21.0. The minimum Gasteiger partial charge on any atom is -0.508 e. The molecule has 0 bridgehead atoms. The SMILES string of the molecule is CCCC[C@H](O)[C@H](O)C=CC1=C(C[C@H](O)CO)[C@H](CCCCCCC(=O)O)NC([C@@](C)(O)C2(c3ccc(O)cc3)CCCCC2)CC#Cc2ccccc2CC1. The molecule has 9 nitrogen and oxygen atoms in total. The summed E-state index contributed by atoms with van der Waals surface area (Å²) < 4.78 is 0. The minimum absolute atomic E-state index is 0.112. The van der Waals surface area contributed by atoms with E-state index in [0.29, 0.717) is 38.5 Å². The van der Waals surface area contributed by atoms with E-state index in [1.807, 2.05) is 50.3 Å². The molecule has 2 aromatic rings. The summed E-state index contributed by atoms with van der Waals surface area (Å²) in [7, 11) is 0. The molecule has 4 rings (SSSR count). The van der Waals surface area contributed by atoms with Crippen molar-refractivity contribution in [1.29, 1.82) is 0 Å². The van der Waals surface area contributed by atoms with E-state index in [1.54, 1.807) is 18.2 Å². The fraction of sp³-hybridized carbons (Fsp3) is 0.596. The molecule has 1 aliphatic carbocycles. The van der Waals surface area contributed by atoms with E-state index in [-0.39, 0.29) is 24.6 Å². The molecular weight excluding hydrogens is 707 g/mol. The van der Waals surface area contributed by atoms with E-state index >= 15 is 0 Å². The lowest BCUT2D eigenvalue weighted by atomic mass is 9.57. The van der Waals surface area contributed by atoms with Gasteiger partial charge < -0.3 is 41.1 Å². The molecule has 8 N–H and O–H groups in total. The number of nitrogens with one attached hydrogen (secondary N) is 1. The second kappa shape index (κ2) is 22.4. The third-order valence-electron chi connectivity index (χ3n) is 12.3. The second-order valence-electron chi connectivity index (χ2n) is 16.3. The molecule has 0 saturated heterocycles. The summed E-state index contributed by atoms with van der Waals surface area (Å²) in [5.41, 5.74) is 2.66. The zero-order valence-corrected chi connectivity index (χ0v) is 33.6. The third-order valence-corrected chi connectivity index (χ3v) is 12.3. The Labute approximate surface area is 334 Å². The van der Waals surface area contributed by atoms with E-state index in [9.17, 15) is 40.5 Å². The van der Waals surface area contributed by atoms with Crippen molar-refractivity contribution in [3.05, 3.63) is 88.5 Å². The first-order chi connectivity index (χ1) is 26.9. The van der Waals surface area contributed by atoms with Gasteiger partial charge >= 0.3 is 5.97 Å². The highest BCUT2D eigenvalue weighted by Crippen LogP contribution is 2.49. The maximum absolute atomic E-state index is 13.2. The number of rotatable bonds is 19. The number of hydrogen-bond acceptors (Lipinski definition) is 8. The molecule has 56 heavy (non-hydrogen) atoms. The van der Waals surface area contributed by atoms with E-state index < -0.39 is 47.9 Å². The van der Waals surface area contributed by atoms with Crippen molar-refractivity contribution in [2.24, 2.45) is 0 Å². The third kappa shape index (κ3) is 12.5. The van der Waals surface area contributed by atoms with Gasteiger partial charge in [-0.05, 0) is 98.8 Å². The number of phenols is 1. The van der Waals surface area contributed by atoms with Crippen molar-refractivity contribution < 1.29 is 40.5 Å². The van der Waals surface area contributed by atoms with Crippen molar-refractivity contribution in [2.75, 3.05) is 6.61 Å².